The molecule has 1 aliphatic heterocycles. The van der Waals surface area contributed by atoms with Crippen molar-refractivity contribution in [3.63, 3.8) is 0 Å². The first-order chi connectivity index (χ1) is 15.6. The van der Waals surface area contributed by atoms with Crippen LogP contribution in [0.4, 0.5) is 5.82 Å². The van der Waals surface area contributed by atoms with Crippen LogP contribution < -0.4 is 5.32 Å². The number of amides is 1. The summed E-state index contributed by atoms with van der Waals surface area (Å²) in [5.41, 5.74) is 3.04. The van der Waals surface area contributed by atoms with Gasteiger partial charge in [-0.15, -0.1) is 0 Å². The Hall–Kier alpha value is -2.36. The molecule has 7 rings (SSSR count). The summed E-state index contributed by atoms with van der Waals surface area (Å²) in [6, 6.07) is 15.3. The maximum atomic E-state index is 12.7. The number of carbonyl (C=O) groups excluding carboxylic acids is 1. The highest BCUT2D eigenvalue weighted by atomic mass is 16.2. The molecule has 2 aromatic rings. The van der Waals surface area contributed by atoms with E-state index in [1.165, 1.54) is 44.9 Å². The summed E-state index contributed by atoms with van der Waals surface area (Å²) in [6.07, 6.45) is 13.4. The van der Waals surface area contributed by atoms with E-state index in [1.54, 1.807) is 11.8 Å². The Morgan fingerprint density at radius 3 is 2.41 bits per heavy atom. The third-order valence-electron chi connectivity index (χ3n) is 8.87. The normalized spacial score (nSPS) is 33.3. The molecule has 2 unspecified atom stereocenters. The summed E-state index contributed by atoms with van der Waals surface area (Å²) in [5.74, 6) is 2.78. The third-order valence-corrected chi connectivity index (χ3v) is 8.87. The van der Waals surface area contributed by atoms with Crippen molar-refractivity contribution in [1.29, 1.82) is 0 Å². The molecule has 32 heavy (non-hydrogen) atoms. The van der Waals surface area contributed by atoms with Crippen LogP contribution in [0, 0.1) is 17.3 Å². The molecule has 4 bridgehead atoms. The maximum Gasteiger partial charge on any atom is 0.255 e. The molecule has 0 spiro atoms. The van der Waals surface area contributed by atoms with Gasteiger partial charge in [0.25, 0.3) is 5.91 Å². The molecule has 1 N–H and O–H groups in total. The Labute approximate surface area is 191 Å². The van der Waals surface area contributed by atoms with E-state index >= 15 is 0 Å². The molecule has 4 heteroatoms. The third kappa shape index (κ3) is 3.62. The smallest absolute Gasteiger partial charge is 0.255 e. The summed E-state index contributed by atoms with van der Waals surface area (Å²) in [4.78, 5) is 19.3. The Balaban J connectivity index is 1.15. The van der Waals surface area contributed by atoms with Crippen molar-refractivity contribution in [3.05, 3.63) is 59.8 Å². The second-order valence-electron chi connectivity index (χ2n) is 11.2. The Kier molecular flexibility index (Phi) is 5.00. The monoisotopic (exact) mass is 429 g/mol. The number of benzene rings is 1. The van der Waals surface area contributed by atoms with E-state index in [0.717, 1.165) is 55.7 Å². The van der Waals surface area contributed by atoms with Gasteiger partial charge in [-0.1, -0.05) is 30.3 Å². The lowest BCUT2D eigenvalue weighted by molar-refractivity contribution is -0.0645. The number of carbonyl (C=O) groups is 1. The zero-order valence-corrected chi connectivity index (χ0v) is 19.1. The highest BCUT2D eigenvalue weighted by Crippen LogP contribution is 2.65. The van der Waals surface area contributed by atoms with Crippen molar-refractivity contribution < 1.29 is 4.79 Å². The lowest BCUT2D eigenvalue weighted by atomic mass is 9.43. The van der Waals surface area contributed by atoms with Crippen LogP contribution in [0.1, 0.15) is 73.7 Å². The number of pyridine rings is 1. The molecular formula is C28H35N3O. The first kappa shape index (κ1) is 20.3. The Bertz CT molecular complexity index is 950. The summed E-state index contributed by atoms with van der Waals surface area (Å²) in [6.45, 7) is 2.76. The Morgan fingerprint density at radius 2 is 1.72 bits per heavy atom. The molecule has 5 fully saturated rings. The van der Waals surface area contributed by atoms with Gasteiger partial charge in [0.05, 0.1) is 5.56 Å². The molecule has 1 saturated heterocycles. The molecule has 4 aliphatic carbocycles. The van der Waals surface area contributed by atoms with E-state index < -0.39 is 0 Å². The maximum absolute atomic E-state index is 12.7. The molecule has 5 aliphatic rings. The zero-order valence-electron chi connectivity index (χ0n) is 19.1. The zero-order chi connectivity index (χ0) is 21.6. The largest absolute Gasteiger partial charge is 0.370 e. The first-order valence-corrected chi connectivity index (χ1v) is 12.7. The van der Waals surface area contributed by atoms with Gasteiger partial charge in [0.2, 0.25) is 0 Å². The molecule has 168 valence electrons. The van der Waals surface area contributed by atoms with Crippen LogP contribution in [0.3, 0.4) is 0 Å². The van der Waals surface area contributed by atoms with Gasteiger partial charge in [-0.3, -0.25) is 4.79 Å². The van der Waals surface area contributed by atoms with E-state index in [9.17, 15) is 4.79 Å². The topological polar surface area (TPSA) is 45.2 Å². The number of anilines is 1. The number of rotatable bonds is 5. The van der Waals surface area contributed by atoms with Crippen LogP contribution >= 0.6 is 0 Å². The molecule has 2 atom stereocenters. The number of nitrogens with zero attached hydrogens (tertiary/aromatic N) is 2. The van der Waals surface area contributed by atoms with Crippen LogP contribution in [0.5, 0.6) is 0 Å². The van der Waals surface area contributed by atoms with Crippen LogP contribution in [0.15, 0.2) is 48.7 Å². The fraction of sp³-hybridized carbons (Fsp3) is 0.571. The lowest BCUT2D eigenvalue weighted by Gasteiger charge is -2.62. The number of hydrogen-bond donors (Lipinski definition) is 1. The summed E-state index contributed by atoms with van der Waals surface area (Å²) in [5, 5.41) is 3.68. The summed E-state index contributed by atoms with van der Waals surface area (Å²) >= 11 is 0. The van der Waals surface area contributed by atoms with Gasteiger partial charge in [0.1, 0.15) is 5.82 Å². The van der Waals surface area contributed by atoms with E-state index in [1.807, 2.05) is 17.0 Å². The summed E-state index contributed by atoms with van der Waals surface area (Å²) in [7, 11) is 0. The fourth-order valence-electron chi connectivity index (χ4n) is 7.97. The van der Waals surface area contributed by atoms with E-state index in [2.05, 4.69) is 40.6 Å². The predicted molar refractivity (Wildman–Crippen MR) is 128 cm³/mol. The fourth-order valence-corrected chi connectivity index (χ4v) is 7.97. The van der Waals surface area contributed by atoms with E-state index in [4.69, 9.17) is 0 Å². The molecular weight excluding hydrogens is 394 g/mol. The molecule has 1 amide bonds. The average molecular weight is 430 g/mol. The second-order valence-corrected chi connectivity index (χ2v) is 11.2. The molecule has 4 nitrogen and oxygen atoms in total. The van der Waals surface area contributed by atoms with Gasteiger partial charge in [-0.25, -0.2) is 4.98 Å². The Morgan fingerprint density at radius 1 is 0.969 bits per heavy atom. The van der Waals surface area contributed by atoms with Crippen LogP contribution in [0.2, 0.25) is 0 Å². The van der Waals surface area contributed by atoms with Gasteiger partial charge in [0, 0.05) is 25.8 Å². The molecule has 2 heterocycles. The second kappa shape index (κ2) is 7.90. The minimum absolute atomic E-state index is 0.134. The number of nitrogens with one attached hydrogen (secondary N) is 1. The highest BCUT2D eigenvalue weighted by Gasteiger charge is 2.57. The molecule has 0 radical (unpaired) electrons. The molecule has 4 saturated carbocycles. The SMILES string of the molecule is O=C(c1ccc(NCC23CC4CC(C2)CC(c2ccccc2)(C4)C3)nc1)N1CCCCC1. The average Bonchev–Trinajstić information content (AvgIpc) is 2.83. The van der Waals surface area contributed by atoms with E-state index in [0.29, 0.717) is 10.8 Å². The minimum atomic E-state index is 0.134. The van der Waals surface area contributed by atoms with Crippen LogP contribution in [-0.4, -0.2) is 35.4 Å². The number of hydrogen-bond acceptors (Lipinski definition) is 3. The number of likely N-dealkylation sites (tertiary alicyclic amines) is 1. The van der Waals surface area contributed by atoms with Gasteiger partial charge in [0.15, 0.2) is 0 Å². The summed E-state index contributed by atoms with van der Waals surface area (Å²) < 4.78 is 0. The van der Waals surface area contributed by atoms with Gasteiger partial charge < -0.3 is 10.2 Å². The van der Waals surface area contributed by atoms with Crippen LogP contribution in [0.25, 0.3) is 0 Å². The van der Waals surface area contributed by atoms with Crippen molar-refractivity contribution in [2.75, 3.05) is 25.0 Å². The minimum Gasteiger partial charge on any atom is -0.370 e. The van der Waals surface area contributed by atoms with Crippen molar-refractivity contribution in [1.82, 2.24) is 9.88 Å². The predicted octanol–water partition coefficient (Wildman–Crippen LogP) is 5.66. The van der Waals surface area contributed by atoms with Gasteiger partial charge in [-0.05, 0) is 98.1 Å². The van der Waals surface area contributed by atoms with Crippen molar-refractivity contribution in [3.8, 4) is 0 Å². The highest BCUT2D eigenvalue weighted by molar-refractivity contribution is 5.94. The first-order valence-electron chi connectivity index (χ1n) is 12.7. The van der Waals surface area contributed by atoms with Crippen molar-refractivity contribution >= 4 is 11.7 Å². The van der Waals surface area contributed by atoms with Crippen LogP contribution in [-0.2, 0) is 5.41 Å². The standard InChI is InChI=1S/C28H35N3O/c32-26(31-11-5-2-6-12-31)23-9-10-25(29-18-23)30-20-27-14-21-13-22(15-27)17-28(16-21,19-27)24-7-3-1-4-8-24/h1,3-4,7-10,18,21-22H,2,5-6,11-17,19-20H2,(H,29,30). The van der Waals surface area contributed by atoms with Gasteiger partial charge >= 0.3 is 0 Å². The van der Waals surface area contributed by atoms with Crippen molar-refractivity contribution in [2.45, 2.75) is 63.2 Å². The number of piperidine rings is 1. The van der Waals surface area contributed by atoms with Crippen molar-refractivity contribution in [2.24, 2.45) is 17.3 Å². The molecule has 1 aromatic heterocycles. The lowest BCUT2D eigenvalue weighted by Crippen LogP contribution is -2.56. The van der Waals surface area contributed by atoms with E-state index in [-0.39, 0.29) is 5.91 Å². The molecule has 1 aromatic carbocycles. The van der Waals surface area contributed by atoms with Gasteiger partial charge in [-0.2, -0.15) is 0 Å². The quantitative estimate of drug-likeness (QED) is 0.667. The number of aromatic nitrogens is 1.